The maximum Gasteiger partial charge on any atom is 0.113 e. The van der Waals surface area contributed by atoms with Crippen LogP contribution in [-0.4, -0.2) is 127 Å². The van der Waals surface area contributed by atoms with E-state index in [1.54, 1.807) is 4.57 Å². The predicted molar refractivity (Wildman–Crippen MR) is 259 cm³/mol. The van der Waals surface area contributed by atoms with E-state index in [4.69, 9.17) is 123 Å². The molecule has 0 aliphatic heterocycles. The van der Waals surface area contributed by atoms with Crippen molar-refractivity contribution in [3.05, 3.63) is 96.8 Å². The van der Waals surface area contributed by atoms with Crippen molar-refractivity contribution >= 4 is 205 Å². The first-order chi connectivity index (χ1) is 27.4. The Hall–Kier alpha value is -4.50. The highest BCUT2D eigenvalue weighted by Crippen LogP contribution is 2.45. The lowest BCUT2D eigenvalue weighted by atomic mass is 9.23. The van der Waals surface area contributed by atoms with Gasteiger partial charge in [0.05, 0.1) is 50.3 Å². The van der Waals surface area contributed by atoms with Crippen molar-refractivity contribution in [2.24, 2.45) is 0 Å². The monoisotopic (exact) mass is 700 g/mol. The summed E-state index contributed by atoms with van der Waals surface area (Å²) in [4.78, 5) is 4.76. The number of benzene rings is 7. The summed E-state index contributed by atoms with van der Waals surface area (Å²) in [6.07, 6.45) is 0. The second-order valence-electron chi connectivity index (χ2n) is 14.6. The molecule has 0 aliphatic carbocycles. The zero-order valence-electron chi connectivity index (χ0n) is 31.2. The third-order valence-electron chi connectivity index (χ3n) is 11.0. The van der Waals surface area contributed by atoms with Crippen LogP contribution in [0, 0.1) is 0 Å². The van der Waals surface area contributed by atoms with Crippen LogP contribution in [0.5, 0.6) is 0 Å². The molecule has 0 spiro atoms. The molecule has 0 N–H and O–H groups in total. The molecule has 0 bridgehead atoms. The van der Waals surface area contributed by atoms with Crippen molar-refractivity contribution in [3.8, 4) is 39.1 Å². The predicted octanol–water partition coefficient (Wildman–Crippen LogP) is -3.66. The molecule has 0 saturated carbocycles. The van der Waals surface area contributed by atoms with Gasteiger partial charge in [-0.15, -0.1) is 37.9 Å². The van der Waals surface area contributed by atoms with Crippen LogP contribution in [-0.2, 0) is 5.21 Å². The number of nitrogens with zero attached hydrogens (tertiary/aromatic N) is 2. The summed E-state index contributed by atoms with van der Waals surface area (Å²) in [5.41, 5.74) is 6.73. The van der Waals surface area contributed by atoms with E-state index in [0.29, 0.717) is 44.4 Å². The fourth-order valence-corrected chi connectivity index (χ4v) is 7.75. The van der Waals surface area contributed by atoms with Crippen LogP contribution in [0.3, 0.4) is 0 Å². The van der Waals surface area contributed by atoms with Crippen LogP contribution in [0.25, 0.3) is 71.6 Å². The molecule has 7 aromatic carbocycles. The summed E-state index contributed by atoms with van der Waals surface area (Å²) < 4.78 is 1.79. The highest BCUT2D eigenvalue weighted by molar-refractivity contribution is 6.70. The van der Waals surface area contributed by atoms with Crippen molar-refractivity contribution in [2.75, 3.05) is 0 Å². The molecule has 30 radical (unpaired) electrons. The summed E-state index contributed by atoms with van der Waals surface area (Å²) in [6.45, 7) is 0. The lowest BCUT2D eigenvalue weighted by Gasteiger charge is -2.41. The lowest BCUT2D eigenvalue weighted by Crippen LogP contribution is -2.55. The van der Waals surface area contributed by atoms with Gasteiger partial charge in [0, 0.05) is 5.69 Å². The number of fused-ring (bicyclic) bond motifs is 3. The van der Waals surface area contributed by atoms with Gasteiger partial charge in [-0.25, -0.2) is 4.98 Å². The quantitative estimate of drug-likeness (QED) is 0.130. The van der Waals surface area contributed by atoms with Gasteiger partial charge >= 0.3 is 0 Å². The summed E-state index contributed by atoms with van der Waals surface area (Å²) in [5, 5.41) is -1.00. The molecule has 234 valence electrons. The normalized spacial score (nSPS) is 12.1. The smallest absolute Gasteiger partial charge is 0.113 e. The Morgan fingerprint density at radius 3 is 1.47 bits per heavy atom. The number of para-hydroxylation sites is 2. The molecule has 8 aromatic rings. The van der Waals surface area contributed by atoms with Gasteiger partial charge in [-0.05, 0) is 85.3 Å². The van der Waals surface area contributed by atoms with Crippen molar-refractivity contribution in [1.29, 1.82) is 0 Å². The summed E-state index contributed by atoms with van der Waals surface area (Å²) in [7, 11) is 96.4. The van der Waals surface area contributed by atoms with Gasteiger partial charge in [0.15, 0.2) is 0 Å². The van der Waals surface area contributed by atoms with Crippen molar-refractivity contribution < 1.29 is 0 Å². The van der Waals surface area contributed by atoms with Gasteiger partial charge in [-0.1, -0.05) is 87.7 Å². The van der Waals surface area contributed by atoms with Gasteiger partial charge in [0.25, 0.3) is 0 Å². The number of hydrogen-bond donors (Lipinski definition) is 0. The molecule has 1 heterocycles. The Morgan fingerprint density at radius 1 is 0.397 bits per heavy atom. The zero-order valence-corrected chi connectivity index (χ0v) is 31.2. The first-order valence-electron chi connectivity index (χ1n) is 17.9. The average molecular weight is 698 g/mol. The van der Waals surface area contributed by atoms with E-state index in [0.717, 1.165) is 27.3 Å². The standard InChI is InChI=1S/C41H15B15N2/c42-29-26(30(43)34(47)37(50)33(29)46)17-12-13-21-22(15-17)27(28-31(44)35(48)38(51)36(49)32(28)45)20-9-2-1-8-19(20)25(21)16-6-5-7-18(14-16)58-24-11-4-3-10-23(24)57-39(58)40(52,53)41(54,55)56/h1-15H. The second-order valence-corrected chi connectivity index (χ2v) is 14.6. The number of imidazole rings is 1. The Kier molecular flexibility index (Phi) is 9.97. The van der Waals surface area contributed by atoms with E-state index >= 15 is 0 Å². The lowest BCUT2D eigenvalue weighted by molar-refractivity contribution is 0.757. The molecule has 0 amide bonds. The fourth-order valence-electron chi connectivity index (χ4n) is 7.75. The van der Waals surface area contributed by atoms with Crippen LogP contribution in [0.4, 0.5) is 0 Å². The maximum atomic E-state index is 6.79. The molecule has 0 unspecified atom stereocenters. The Balaban J connectivity index is 1.51. The molecule has 8 rings (SSSR count). The highest BCUT2D eigenvalue weighted by Gasteiger charge is 2.37. The molecule has 17 heteroatoms. The summed E-state index contributed by atoms with van der Waals surface area (Å²) in [5.74, 6) is 0.148. The largest absolute Gasteiger partial charge is 0.297 e. The molecule has 0 aliphatic rings. The van der Waals surface area contributed by atoms with Crippen LogP contribution < -0.4 is 54.6 Å². The molecule has 0 atom stereocenters. The molecule has 1 aromatic heterocycles. The minimum Gasteiger partial charge on any atom is -0.297 e. The minimum atomic E-state index is -2.05. The molecular weight excluding hydrogens is 683 g/mol. The molecule has 58 heavy (non-hydrogen) atoms. The van der Waals surface area contributed by atoms with Gasteiger partial charge in [-0.2, -0.15) is 0 Å². The first kappa shape index (κ1) is 40.3. The number of aromatic nitrogens is 2. The maximum absolute atomic E-state index is 6.79. The molecule has 0 fully saturated rings. The Bertz CT molecular complexity index is 2980. The molecule has 0 saturated heterocycles. The van der Waals surface area contributed by atoms with E-state index in [1.807, 2.05) is 91.0 Å². The van der Waals surface area contributed by atoms with Crippen LogP contribution in [0.15, 0.2) is 91.0 Å². The van der Waals surface area contributed by atoms with E-state index in [1.165, 1.54) is 0 Å². The zero-order chi connectivity index (χ0) is 41.7. The Morgan fingerprint density at radius 2 is 0.879 bits per heavy atom. The summed E-state index contributed by atoms with van der Waals surface area (Å²) >= 11 is 0. The fraction of sp³-hybridized carbons (Fsp3) is 0.0488. The van der Waals surface area contributed by atoms with E-state index in [2.05, 4.69) is 0 Å². The van der Waals surface area contributed by atoms with E-state index in [-0.39, 0.29) is 60.5 Å². The van der Waals surface area contributed by atoms with Crippen molar-refractivity contribution in [1.82, 2.24) is 9.55 Å². The van der Waals surface area contributed by atoms with Crippen LogP contribution >= 0.6 is 0 Å². The second kappa shape index (κ2) is 14.4. The van der Waals surface area contributed by atoms with Gasteiger partial charge in [0.2, 0.25) is 0 Å². The van der Waals surface area contributed by atoms with Crippen LogP contribution in [0.2, 0.25) is 5.11 Å². The SMILES string of the molecule is [B]c1c([B])c([B])c(-c2ccc3c(-c4cccc(-n5c(C([B])([B])C([B])([B])[B])nc6ccccc65)c4)c4ccccc4c(-c4c([B])c([B])c([B])c([B])c4[B])c3c2)c([B])c1[B]. The van der Waals surface area contributed by atoms with Gasteiger partial charge in [-0.3, -0.25) is 4.57 Å². The van der Waals surface area contributed by atoms with Gasteiger partial charge in [0.1, 0.15) is 84.3 Å². The average Bonchev–Trinajstić information content (AvgIpc) is 3.61. The molecule has 2 nitrogen and oxygen atoms in total. The summed E-state index contributed by atoms with van der Waals surface area (Å²) in [6, 6.07) is 28.7. The molecular formula is C41H15B15N2. The van der Waals surface area contributed by atoms with Crippen LogP contribution in [0.1, 0.15) is 5.82 Å². The third kappa shape index (κ3) is 6.04. The minimum absolute atomic E-state index is 0.0800. The topological polar surface area (TPSA) is 17.8 Å². The number of hydrogen-bond acceptors (Lipinski definition) is 1. The Labute approximate surface area is 358 Å². The first-order valence-corrected chi connectivity index (χ1v) is 17.9. The highest BCUT2D eigenvalue weighted by atomic mass is 15.1. The van der Waals surface area contributed by atoms with Gasteiger partial charge < -0.3 is 0 Å². The van der Waals surface area contributed by atoms with E-state index < -0.39 is 10.3 Å². The third-order valence-corrected chi connectivity index (χ3v) is 11.0. The van der Waals surface area contributed by atoms with Crippen molar-refractivity contribution in [3.63, 3.8) is 0 Å². The van der Waals surface area contributed by atoms with E-state index in [9.17, 15) is 0 Å². The van der Waals surface area contributed by atoms with Crippen molar-refractivity contribution in [2.45, 2.75) is 10.3 Å². The number of rotatable bonds is 6.